The van der Waals surface area contributed by atoms with Crippen LogP contribution < -0.4 is 10.6 Å². The van der Waals surface area contributed by atoms with Crippen molar-refractivity contribution in [3.05, 3.63) is 0 Å². The van der Waals surface area contributed by atoms with Gasteiger partial charge in [0.25, 0.3) is 0 Å². The highest BCUT2D eigenvalue weighted by atomic mass is 16.6. The van der Waals surface area contributed by atoms with Gasteiger partial charge in [-0.05, 0) is 27.2 Å². The summed E-state index contributed by atoms with van der Waals surface area (Å²) in [6.07, 6.45) is -2.23. The van der Waals surface area contributed by atoms with E-state index in [9.17, 15) is 19.8 Å². The van der Waals surface area contributed by atoms with Crippen molar-refractivity contribution >= 4 is 12.1 Å². The molecular weight excluding hydrogens is 292 g/mol. The number of ether oxygens (including phenoxy) is 2. The predicted molar refractivity (Wildman–Crippen MR) is 80.1 cm³/mol. The molecular formula is C14H28N2O6. The van der Waals surface area contributed by atoms with Crippen molar-refractivity contribution < 1.29 is 29.3 Å². The lowest BCUT2D eigenvalue weighted by Crippen LogP contribution is -2.54. The molecule has 0 fully saturated rings. The monoisotopic (exact) mass is 320 g/mol. The number of carbonyl (C=O) groups is 2. The van der Waals surface area contributed by atoms with Crippen molar-refractivity contribution in [2.75, 3.05) is 13.7 Å². The maximum atomic E-state index is 11.8. The molecule has 0 aromatic rings. The van der Waals surface area contributed by atoms with Crippen LogP contribution in [-0.4, -0.2) is 59.9 Å². The molecule has 0 saturated carbocycles. The van der Waals surface area contributed by atoms with Crippen molar-refractivity contribution in [1.29, 1.82) is 0 Å². The molecule has 0 aliphatic carbocycles. The van der Waals surface area contributed by atoms with Gasteiger partial charge in [-0.3, -0.25) is 10.1 Å². The summed E-state index contributed by atoms with van der Waals surface area (Å²) in [7, 11) is 1.22. The zero-order valence-electron chi connectivity index (χ0n) is 13.9. The maximum absolute atomic E-state index is 11.8. The molecule has 0 rings (SSSR count). The molecule has 4 N–H and O–H groups in total. The SMILES string of the molecule is CCCC(NC(=O)OC(C)(C)C)C(O)[C@H](O)NCC(=O)OC. The Morgan fingerprint density at radius 2 is 1.82 bits per heavy atom. The summed E-state index contributed by atoms with van der Waals surface area (Å²) in [5.41, 5.74) is -0.659. The number of hydrogen-bond donors (Lipinski definition) is 4. The van der Waals surface area contributed by atoms with Crippen LogP contribution in [0.5, 0.6) is 0 Å². The summed E-state index contributed by atoms with van der Waals surface area (Å²) in [5, 5.41) is 24.9. The second-order valence-electron chi connectivity index (χ2n) is 5.93. The van der Waals surface area contributed by atoms with Crippen LogP contribution in [0.25, 0.3) is 0 Å². The molecule has 0 saturated heterocycles. The molecule has 0 aromatic carbocycles. The van der Waals surface area contributed by atoms with Gasteiger partial charge < -0.3 is 25.0 Å². The Morgan fingerprint density at radius 1 is 1.23 bits per heavy atom. The number of aliphatic hydroxyl groups is 2. The molecule has 0 radical (unpaired) electrons. The lowest BCUT2D eigenvalue weighted by Gasteiger charge is -2.29. The second kappa shape index (κ2) is 9.60. The van der Waals surface area contributed by atoms with Crippen molar-refractivity contribution in [1.82, 2.24) is 10.6 Å². The third kappa shape index (κ3) is 8.81. The molecule has 1 amide bonds. The van der Waals surface area contributed by atoms with Gasteiger partial charge >= 0.3 is 12.1 Å². The van der Waals surface area contributed by atoms with Gasteiger partial charge in [0.05, 0.1) is 19.7 Å². The number of carbonyl (C=O) groups excluding carboxylic acids is 2. The summed E-state index contributed by atoms with van der Waals surface area (Å²) >= 11 is 0. The molecule has 0 bridgehead atoms. The number of aliphatic hydroxyl groups excluding tert-OH is 2. The minimum Gasteiger partial charge on any atom is -0.468 e. The third-order valence-electron chi connectivity index (χ3n) is 2.72. The van der Waals surface area contributed by atoms with E-state index in [4.69, 9.17) is 4.74 Å². The van der Waals surface area contributed by atoms with E-state index >= 15 is 0 Å². The molecule has 0 heterocycles. The van der Waals surface area contributed by atoms with Gasteiger partial charge in [0.2, 0.25) is 0 Å². The van der Waals surface area contributed by atoms with Gasteiger partial charge in [-0.2, -0.15) is 0 Å². The maximum Gasteiger partial charge on any atom is 0.407 e. The Bertz CT molecular complexity index is 356. The van der Waals surface area contributed by atoms with Crippen LogP contribution in [0.3, 0.4) is 0 Å². The fraction of sp³-hybridized carbons (Fsp3) is 0.857. The fourth-order valence-corrected chi connectivity index (χ4v) is 1.70. The number of alkyl carbamates (subject to hydrolysis) is 1. The van der Waals surface area contributed by atoms with Crippen LogP contribution in [0.1, 0.15) is 40.5 Å². The molecule has 130 valence electrons. The largest absolute Gasteiger partial charge is 0.468 e. The fourth-order valence-electron chi connectivity index (χ4n) is 1.70. The first-order valence-electron chi connectivity index (χ1n) is 7.26. The first-order chi connectivity index (χ1) is 10.1. The quantitative estimate of drug-likeness (QED) is 0.371. The van der Waals surface area contributed by atoms with E-state index in [0.29, 0.717) is 12.8 Å². The van der Waals surface area contributed by atoms with Crippen molar-refractivity contribution in [2.24, 2.45) is 0 Å². The van der Waals surface area contributed by atoms with E-state index in [-0.39, 0.29) is 6.54 Å². The molecule has 2 unspecified atom stereocenters. The molecule has 0 spiro atoms. The van der Waals surface area contributed by atoms with Crippen molar-refractivity contribution in [3.63, 3.8) is 0 Å². The van der Waals surface area contributed by atoms with Gasteiger partial charge in [0, 0.05) is 0 Å². The zero-order chi connectivity index (χ0) is 17.3. The molecule has 0 aliphatic rings. The third-order valence-corrected chi connectivity index (χ3v) is 2.72. The highest BCUT2D eigenvalue weighted by molar-refractivity contribution is 5.71. The van der Waals surface area contributed by atoms with Gasteiger partial charge in [-0.15, -0.1) is 0 Å². The first-order valence-corrected chi connectivity index (χ1v) is 7.26. The number of methoxy groups -OCH3 is 1. The summed E-state index contributed by atoms with van der Waals surface area (Å²) < 4.78 is 9.55. The Hall–Kier alpha value is -1.38. The van der Waals surface area contributed by atoms with Crippen LogP contribution >= 0.6 is 0 Å². The lowest BCUT2D eigenvalue weighted by molar-refractivity contribution is -0.140. The Kier molecular flexibility index (Phi) is 9.00. The van der Waals surface area contributed by atoms with Gasteiger partial charge in [0.1, 0.15) is 17.9 Å². The summed E-state index contributed by atoms with van der Waals surface area (Å²) in [6.45, 7) is 6.81. The zero-order valence-corrected chi connectivity index (χ0v) is 13.9. The Balaban J connectivity index is 4.57. The summed E-state index contributed by atoms with van der Waals surface area (Å²) in [6, 6.07) is -0.708. The lowest BCUT2D eigenvalue weighted by atomic mass is 10.0. The second-order valence-corrected chi connectivity index (χ2v) is 5.93. The predicted octanol–water partition coefficient (Wildman–Crippen LogP) is 0.122. The minimum atomic E-state index is -1.38. The van der Waals surface area contributed by atoms with Crippen molar-refractivity contribution in [2.45, 2.75) is 64.5 Å². The van der Waals surface area contributed by atoms with Gasteiger partial charge in [0.15, 0.2) is 0 Å². The molecule has 0 aliphatic heterocycles. The van der Waals surface area contributed by atoms with Crippen LogP contribution in [0.4, 0.5) is 4.79 Å². The van der Waals surface area contributed by atoms with Crippen LogP contribution in [0.15, 0.2) is 0 Å². The number of hydrogen-bond acceptors (Lipinski definition) is 7. The molecule has 8 nitrogen and oxygen atoms in total. The molecule has 0 aromatic heterocycles. The molecule has 3 atom stereocenters. The van der Waals surface area contributed by atoms with E-state index < -0.39 is 36.0 Å². The van der Waals surface area contributed by atoms with E-state index in [0.717, 1.165) is 0 Å². The highest BCUT2D eigenvalue weighted by Gasteiger charge is 2.29. The number of nitrogens with one attached hydrogen (secondary N) is 2. The average Bonchev–Trinajstić information content (AvgIpc) is 2.40. The number of rotatable bonds is 8. The Morgan fingerprint density at radius 3 is 2.27 bits per heavy atom. The molecule has 22 heavy (non-hydrogen) atoms. The summed E-state index contributed by atoms with van der Waals surface area (Å²) in [4.78, 5) is 22.8. The van der Waals surface area contributed by atoms with E-state index in [1.165, 1.54) is 7.11 Å². The smallest absolute Gasteiger partial charge is 0.407 e. The minimum absolute atomic E-state index is 0.250. The van der Waals surface area contributed by atoms with Crippen LogP contribution in [-0.2, 0) is 14.3 Å². The highest BCUT2D eigenvalue weighted by Crippen LogP contribution is 2.10. The topological polar surface area (TPSA) is 117 Å². The van der Waals surface area contributed by atoms with E-state index in [1.54, 1.807) is 20.8 Å². The standard InChI is InChI=1S/C14H28N2O6/c1-6-7-9(16-13(20)22-14(2,3)4)11(18)12(19)15-8-10(17)21-5/h9,11-12,15,18-19H,6-8H2,1-5H3,(H,16,20)/t9?,11?,12-/m0/s1. The van der Waals surface area contributed by atoms with E-state index in [2.05, 4.69) is 15.4 Å². The number of amides is 1. The Labute approximate surface area is 131 Å². The van der Waals surface area contributed by atoms with Gasteiger partial charge in [-0.1, -0.05) is 13.3 Å². The van der Waals surface area contributed by atoms with E-state index in [1.807, 2.05) is 6.92 Å². The molecule has 8 heteroatoms. The average molecular weight is 320 g/mol. The normalized spacial score (nSPS) is 15.6. The summed E-state index contributed by atoms with van der Waals surface area (Å²) in [5.74, 6) is -0.571. The van der Waals surface area contributed by atoms with Crippen LogP contribution in [0, 0.1) is 0 Å². The first kappa shape index (κ1) is 20.6. The number of esters is 1. The van der Waals surface area contributed by atoms with Gasteiger partial charge in [-0.25, -0.2) is 4.79 Å². The van der Waals surface area contributed by atoms with Crippen molar-refractivity contribution in [3.8, 4) is 0 Å². The van der Waals surface area contributed by atoms with Crippen LogP contribution in [0.2, 0.25) is 0 Å².